The minimum atomic E-state index is 0.703. The van der Waals surface area contributed by atoms with Crippen molar-refractivity contribution in [2.45, 2.75) is 6.54 Å². The molecule has 0 spiro atoms. The van der Waals surface area contributed by atoms with Crippen LogP contribution in [0.2, 0.25) is 0 Å². The van der Waals surface area contributed by atoms with Crippen molar-refractivity contribution in [2.24, 2.45) is 0 Å². The number of hydrogen-bond donors (Lipinski definition) is 2. The normalized spacial score (nSPS) is 10.3. The average molecular weight is 297 g/mol. The van der Waals surface area contributed by atoms with Crippen molar-refractivity contribution >= 4 is 23.0 Å². The maximum atomic E-state index is 4.57. The van der Waals surface area contributed by atoms with Crippen molar-refractivity contribution < 1.29 is 0 Å². The quantitative estimate of drug-likeness (QED) is 0.757. The van der Waals surface area contributed by atoms with Crippen molar-refractivity contribution in [1.29, 1.82) is 0 Å². The molecule has 6 heteroatoms. The van der Waals surface area contributed by atoms with Crippen LogP contribution in [0.5, 0.6) is 0 Å². The van der Waals surface area contributed by atoms with Crippen LogP contribution in [0, 0.1) is 0 Å². The zero-order valence-corrected chi connectivity index (χ0v) is 12.4. The summed E-state index contributed by atoms with van der Waals surface area (Å²) in [6.45, 7) is 0.707. The van der Waals surface area contributed by atoms with Gasteiger partial charge in [-0.05, 0) is 0 Å². The Bertz CT molecular complexity index is 697. The van der Waals surface area contributed by atoms with E-state index in [1.807, 2.05) is 55.2 Å². The first-order valence-corrected chi connectivity index (χ1v) is 7.46. The second kappa shape index (κ2) is 6.32. The van der Waals surface area contributed by atoms with Crippen LogP contribution >= 0.6 is 11.3 Å². The van der Waals surface area contributed by atoms with Crippen molar-refractivity contribution in [1.82, 2.24) is 15.0 Å². The summed E-state index contributed by atoms with van der Waals surface area (Å²) in [7, 11) is 1.85. The maximum absolute atomic E-state index is 4.57. The number of aromatic nitrogens is 3. The molecule has 106 valence electrons. The van der Waals surface area contributed by atoms with Crippen LogP contribution in [0.25, 0.3) is 11.4 Å². The van der Waals surface area contributed by atoms with E-state index in [1.165, 1.54) is 4.88 Å². The Hall–Kier alpha value is -2.47. The lowest BCUT2D eigenvalue weighted by atomic mass is 10.2. The summed E-state index contributed by atoms with van der Waals surface area (Å²) in [5, 5.41) is 6.38. The molecule has 0 saturated heterocycles. The highest BCUT2D eigenvalue weighted by molar-refractivity contribution is 7.09. The van der Waals surface area contributed by atoms with Crippen molar-refractivity contribution in [3.8, 4) is 11.4 Å². The van der Waals surface area contributed by atoms with Gasteiger partial charge in [0.25, 0.3) is 0 Å². The van der Waals surface area contributed by atoms with E-state index in [0.29, 0.717) is 12.4 Å². The minimum Gasteiger partial charge on any atom is -0.373 e. The number of benzene rings is 1. The molecule has 0 radical (unpaired) electrons. The molecule has 3 rings (SSSR count). The van der Waals surface area contributed by atoms with Crippen LogP contribution in [-0.4, -0.2) is 22.0 Å². The van der Waals surface area contributed by atoms with Gasteiger partial charge in [-0.3, -0.25) is 4.98 Å². The average Bonchev–Trinajstić information content (AvgIpc) is 3.07. The van der Waals surface area contributed by atoms with E-state index in [0.717, 1.165) is 17.2 Å². The van der Waals surface area contributed by atoms with Crippen LogP contribution in [0.3, 0.4) is 0 Å². The summed E-state index contributed by atoms with van der Waals surface area (Å²) in [6, 6.07) is 11.8. The fourth-order valence-corrected chi connectivity index (χ4v) is 2.42. The smallest absolute Gasteiger partial charge is 0.163 e. The zero-order valence-electron chi connectivity index (χ0n) is 11.6. The minimum absolute atomic E-state index is 0.703. The fourth-order valence-electron chi connectivity index (χ4n) is 1.89. The summed E-state index contributed by atoms with van der Waals surface area (Å²) in [5.41, 5.74) is 2.82. The molecule has 0 amide bonds. The van der Waals surface area contributed by atoms with Crippen LogP contribution in [0.1, 0.15) is 4.88 Å². The first kappa shape index (κ1) is 13.5. The molecule has 2 aromatic heterocycles. The highest BCUT2D eigenvalue weighted by Gasteiger charge is 2.06. The first-order valence-electron chi connectivity index (χ1n) is 6.58. The molecule has 0 atom stereocenters. The molecule has 2 heterocycles. The molecule has 0 unspecified atom stereocenters. The lowest BCUT2D eigenvalue weighted by molar-refractivity contribution is 1.10. The lowest BCUT2D eigenvalue weighted by Gasteiger charge is -2.09. The van der Waals surface area contributed by atoms with Crippen LogP contribution in [-0.2, 0) is 6.54 Å². The van der Waals surface area contributed by atoms with Crippen molar-refractivity contribution in [3.05, 3.63) is 53.0 Å². The molecule has 2 N–H and O–H groups in total. The van der Waals surface area contributed by atoms with E-state index in [4.69, 9.17) is 0 Å². The molecular formula is C15H15N5S. The van der Waals surface area contributed by atoms with E-state index < -0.39 is 0 Å². The standard InChI is InChI=1S/C15H15N5S/c1-16-13-7-14(18-9-12-8-17-10-21-12)20-15(19-13)11-5-3-2-4-6-11/h2-8,10H,9H2,1H3,(H2,16,18,19,20). The van der Waals surface area contributed by atoms with Gasteiger partial charge in [-0.15, -0.1) is 11.3 Å². The molecule has 0 fully saturated rings. The molecule has 0 aliphatic carbocycles. The van der Waals surface area contributed by atoms with E-state index in [9.17, 15) is 0 Å². The number of rotatable bonds is 5. The number of hydrogen-bond acceptors (Lipinski definition) is 6. The SMILES string of the molecule is CNc1cc(NCc2cncs2)nc(-c2ccccc2)n1. The summed E-state index contributed by atoms with van der Waals surface area (Å²) in [6.07, 6.45) is 1.86. The van der Waals surface area contributed by atoms with Crippen LogP contribution < -0.4 is 10.6 Å². The molecule has 0 bridgehead atoms. The molecule has 1 aromatic carbocycles. The van der Waals surface area contributed by atoms with Crippen molar-refractivity contribution in [3.63, 3.8) is 0 Å². The maximum Gasteiger partial charge on any atom is 0.163 e. The second-order valence-corrected chi connectivity index (χ2v) is 5.37. The van der Waals surface area contributed by atoms with E-state index in [-0.39, 0.29) is 0 Å². The summed E-state index contributed by atoms with van der Waals surface area (Å²) in [5.74, 6) is 2.28. The van der Waals surface area contributed by atoms with Gasteiger partial charge in [0.05, 0.1) is 12.1 Å². The largest absolute Gasteiger partial charge is 0.373 e. The lowest BCUT2D eigenvalue weighted by Crippen LogP contribution is -2.04. The van der Waals surface area contributed by atoms with Gasteiger partial charge in [0.2, 0.25) is 0 Å². The summed E-state index contributed by atoms with van der Waals surface area (Å²) in [4.78, 5) is 14.3. The van der Waals surface area contributed by atoms with Gasteiger partial charge in [0.1, 0.15) is 11.6 Å². The third-order valence-electron chi connectivity index (χ3n) is 2.94. The fraction of sp³-hybridized carbons (Fsp3) is 0.133. The van der Waals surface area contributed by atoms with Crippen LogP contribution in [0.15, 0.2) is 48.1 Å². The monoisotopic (exact) mass is 297 g/mol. The van der Waals surface area contributed by atoms with Gasteiger partial charge in [-0.2, -0.15) is 0 Å². The Labute approximate surface area is 127 Å². The number of nitrogens with zero attached hydrogens (tertiary/aromatic N) is 3. The predicted octanol–water partition coefficient (Wildman–Crippen LogP) is 3.25. The van der Waals surface area contributed by atoms with Crippen molar-refractivity contribution in [2.75, 3.05) is 17.7 Å². The topological polar surface area (TPSA) is 62.7 Å². The van der Waals surface area contributed by atoms with E-state index in [1.54, 1.807) is 11.3 Å². The second-order valence-electron chi connectivity index (χ2n) is 4.40. The summed E-state index contributed by atoms with van der Waals surface area (Å²) >= 11 is 1.62. The van der Waals surface area contributed by atoms with E-state index >= 15 is 0 Å². The zero-order chi connectivity index (χ0) is 14.5. The molecule has 0 aliphatic rings. The Kier molecular flexibility index (Phi) is 4.07. The van der Waals surface area contributed by atoms with Gasteiger partial charge in [-0.25, -0.2) is 9.97 Å². The van der Waals surface area contributed by atoms with Gasteiger partial charge >= 0.3 is 0 Å². The predicted molar refractivity (Wildman–Crippen MR) is 86.5 cm³/mol. The Morgan fingerprint density at radius 2 is 1.90 bits per heavy atom. The number of nitrogens with one attached hydrogen (secondary N) is 2. The van der Waals surface area contributed by atoms with Gasteiger partial charge in [-0.1, -0.05) is 30.3 Å². The Morgan fingerprint density at radius 1 is 1.10 bits per heavy atom. The highest BCUT2D eigenvalue weighted by atomic mass is 32.1. The first-order chi connectivity index (χ1) is 10.3. The Balaban J connectivity index is 1.86. The van der Waals surface area contributed by atoms with Gasteiger partial charge in [0.15, 0.2) is 5.82 Å². The molecule has 3 aromatic rings. The van der Waals surface area contributed by atoms with Crippen LogP contribution in [0.4, 0.5) is 11.6 Å². The third kappa shape index (κ3) is 3.35. The summed E-state index contributed by atoms with van der Waals surface area (Å²) < 4.78 is 0. The molecule has 21 heavy (non-hydrogen) atoms. The molecule has 5 nitrogen and oxygen atoms in total. The molecule has 0 aliphatic heterocycles. The van der Waals surface area contributed by atoms with E-state index in [2.05, 4.69) is 25.6 Å². The van der Waals surface area contributed by atoms with Gasteiger partial charge in [0, 0.05) is 29.8 Å². The number of anilines is 2. The highest BCUT2D eigenvalue weighted by Crippen LogP contribution is 2.20. The third-order valence-corrected chi connectivity index (χ3v) is 3.72. The molecule has 0 saturated carbocycles. The number of thiazole rings is 1. The van der Waals surface area contributed by atoms with Gasteiger partial charge < -0.3 is 10.6 Å². The molecular weight excluding hydrogens is 282 g/mol. The Morgan fingerprint density at radius 3 is 2.62 bits per heavy atom.